The summed E-state index contributed by atoms with van der Waals surface area (Å²) in [5.74, 6) is 1.20. The molecule has 128 valence electrons. The number of imidazole rings is 1. The Morgan fingerprint density at radius 3 is 3.20 bits per heavy atom. The molecule has 0 fully saturated rings. The molecule has 2 N–H and O–H groups in total. The highest BCUT2D eigenvalue weighted by Gasteiger charge is 2.24. The third-order valence-corrected chi connectivity index (χ3v) is 4.66. The predicted octanol–water partition coefficient (Wildman–Crippen LogP) is 2.05. The van der Waals surface area contributed by atoms with Crippen LogP contribution in [0.5, 0.6) is 0 Å². The summed E-state index contributed by atoms with van der Waals surface area (Å²) in [5, 5.41) is 10.2. The molecule has 3 aromatic heterocycles. The largest absolute Gasteiger partial charge is 0.346 e. The van der Waals surface area contributed by atoms with Gasteiger partial charge in [-0.25, -0.2) is 9.97 Å². The van der Waals surface area contributed by atoms with Crippen molar-refractivity contribution in [1.82, 2.24) is 30.0 Å². The number of amides is 1. The lowest BCUT2D eigenvalue weighted by molar-refractivity contribution is 0.0944. The number of carbonyl (C=O) groups excluding carboxylic acids is 1. The molecule has 4 rings (SSSR count). The van der Waals surface area contributed by atoms with Crippen LogP contribution in [0.25, 0.3) is 5.82 Å². The van der Waals surface area contributed by atoms with Crippen molar-refractivity contribution < 1.29 is 4.79 Å². The Labute approximate surface area is 145 Å². The average molecular weight is 336 g/mol. The van der Waals surface area contributed by atoms with Gasteiger partial charge in [0.15, 0.2) is 5.69 Å². The van der Waals surface area contributed by atoms with Crippen LogP contribution in [0.2, 0.25) is 0 Å². The van der Waals surface area contributed by atoms with Crippen LogP contribution in [0.15, 0.2) is 37.1 Å². The maximum atomic E-state index is 12.6. The third kappa shape index (κ3) is 3.05. The second-order valence-electron chi connectivity index (χ2n) is 6.52. The monoisotopic (exact) mass is 336 g/mol. The van der Waals surface area contributed by atoms with Gasteiger partial charge in [0.05, 0.1) is 0 Å². The molecule has 7 heteroatoms. The van der Waals surface area contributed by atoms with Crippen LogP contribution >= 0.6 is 0 Å². The summed E-state index contributed by atoms with van der Waals surface area (Å²) < 4.78 is 1.83. The first-order valence-electron chi connectivity index (χ1n) is 8.49. The van der Waals surface area contributed by atoms with Crippen molar-refractivity contribution in [2.24, 2.45) is 5.92 Å². The number of aromatic amines is 1. The minimum Gasteiger partial charge on any atom is -0.346 e. The van der Waals surface area contributed by atoms with E-state index in [0.29, 0.717) is 18.2 Å². The van der Waals surface area contributed by atoms with Gasteiger partial charge in [-0.15, -0.1) is 0 Å². The number of nitrogens with one attached hydrogen (secondary N) is 2. The van der Waals surface area contributed by atoms with Crippen molar-refractivity contribution in [2.45, 2.75) is 32.7 Å². The molecule has 0 radical (unpaired) electrons. The molecular formula is C18H20N6O. The first kappa shape index (κ1) is 15.6. The van der Waals surface area contributed by atoms with Crippen LogP contribution in [0.3, 0.4) is 0 Å². The van der Waals surface area contributed by atoms with Gasteiger partial charge in [-0.2, -0.15) is 5.10 Å². The van der Waals surface area contributed by atoms with Gasteiger partial charge in [0.2, 0.25) is 0 Å². The normalized spacial score (nSPS) is 16.4. The van der Waals surface area contributed by atoms with E-state index >= 15 is 0 Å². The Morgan fingerprint density at radius 2 is 2.36 bits per heavy atom. The molecular weight excluding hydrogens is 316 g/mol. The van der Waals surface area contributed by atoms with Crippen LogP contribution in [0, 0.1) is 5.92 Å². The zero-order valence-corrected chi connectivity index (χ0v) is 14.1. The second kappa shape index (κ2) is 6.51. The minimum absolute atomic E-state index is 0.146. The number of pyridine rings is 1. The Hall–Kier alpha value is -2.96. The van der Waals surface area contributed by atoms with Crippen LogP contribution in [0.1, 0.15) is 40.7 Å². The molecule has 25 heavy (non-hydrogen) atoms. The Bertz CT molecular complexity index is 883. The molecule has 0 aromatic carbocycles. The van der Waals surface area contributed by atoms with Gasteiger partial charge in [0.25, 0.3) is 5.91 Å². The fourth-order valence-corrected chi connectivity index (χ4v) is 3.30. The molecule has 1 atom stereocenters. The summed E-state index contributed by atoms with van der Waals surface area (Å²) in [7, 11) is 0. The topological polar surface area (TPSA) is 88.5 Å². The number of aromatic nitrogens is 5. The average Bonchev–Trinajstić information content (AvgIpc) is 3.29. The van der Waals surface area contributed by atoms with Gasteiger partial charge in [-0.1, -0.05) is 13.0 Å². The number of hydrogen-bond acceptors (Lipinski definition) is 4. The van der Waals surface area contributed by atoms with Crippen molar-refractivity contribution in [3.8, 4) is 5.82 Å². The van der Waals surface area contributed by atoms with E-state index in [0.717, 1.165) is 41.9 Å². The molecule has 1 aliphatic carbocycles. The van der Waals surface area contributed by atoms with E-state index in [1.165, 1.54) is 0 Å². The number of hydrogen-bond donors (Lipinski definition) is 2. The highest BCUT2D eigenvalue weighted by Crippen LogP contribution is 2.26. The molecule has 3 aromatic rings. The molecule has 0 aliphatic heterocycles. The predicted molar refractivity (Wildman–Crippen MR) is 92.3 cm³/mol. The first-order chi connectivity index (χ1) is 12.2. The van der Waals surface area contributed by atoms with Gasteiger partial charge < -0.3 is 5.32 Å². The zero-order chi connectivity index (χ0) is 17.2. The van der Waals surface area contributed by atoms with E-state index in [4.69, 9.17) is 0 Å². The number of H-pyrrole nitrogens is 1. The van der Waals surface area contributed by atoms with E-state index < -0.39 is 0 Å². The SMILES string of the molecule is CC1CCc2[nH]nc(C(=O)NCc3cccnc3-n3ccnc3)c2C1. The van der Waals surface area contributed by atoms with Crippen molar-refractivity contribution in [3.05, 3.63) is 59.6 Å². The van der Waals surface area contributed by atoms with Gasteiger partial charge in [0, 0.05) is 42.0 Å². The lowest BCUT2D eigenvalue weighted by Crippen LogP contribution is -2.26. The first-order valence-corrected chi connectivity index (χ1v) is 8.49. The van der Waals surface area contributed by atoms with Gasteiger partial charge >= 0.3 is 0 Å². The summed E-state index contributed by atoms with van der Waals surface area (Å²) in [6.07, 6.45) is 9.96. The Morgan fingerprint density at radius 1 is 1.44 bits per heavy atom. The van der Waals surface area contributed by atoms with Crippen molar-refractivity contribution >= 4 is 5.91 Å². The number of nitrogens with zero attached hydrogens (tertiary/aromatic N) is 4. The Balaban J connectivity index is 1.51. The van der Waals surface area contributed by atoms with E-state index in [-0.39, 0.29) is 5.91 Å². The summed E-state index contributed by atoms with van der Waals surface area (Å²) in [6, 6.07) is 3.81. The minimum atomic E-state index is -0.146. The van der Waals surface area contributed by atoms with E-state index in [1.54, 1.807) is 18.7 Å². The van der Waals surface area contributed by atoms with Crippen molar-refractivity contribution in [2.75, 3.05) is 0 Å². The number of carbonyl (C=O) groups is 1. The standard InChI is InChI=1S/C18H20N6O/c1-12-4-5-15-14(9-12)16(23-22-15)18(25)21-10-13-3-2-6-20-17(13)24-8-7-19-11-24/h2-3,6-8,11-12H,4-5,9-10H2,1H3,(H,21,25)(H,22,23). The molecule has 0 saturated heterocycles. The van der Waals surface area contributed by atoms with Crippen LogP contribution < -0.4 is 5.32 Å². The molecule has 3 heterocycles. The van der Waals surface area contributed by atoms with Crippen molar-refractivity contribution in [3.63, 3.8) is 0 Å². The van der Waals surface area contributed by atoms with E-state index in [2.05, 4.69) is 32.4 Å². The van der Waals surface area contributed by atoms with Gasteiger partial charge in [-0.3, -0.25) is 14.5 Å². The highest BCUT2D eigenvalue weighted by molar-refractivity contribution is 5.94. The number of rotatable bonds is 4. The highest BCUT2D eigenvalue weighted by atomic mass is 16.1. The zero-order valence-electron chi connectivity index (χ0n) is 14.1. The maximum absolute atomic E-state index is 12.6. The molecule has 0 spiro atoms. The number of aryl methyl sites for hydroxylation is 1. The molecule has 0 saturated carbocycles. The summed E-state index contributed by atoms with van der Waals surface area (Å²) >= 11 is 0. The van der Waals surface area contributed by atoms with E-state index in [1.807, 2.05) is 22.9 Å². The van der Waals surface area contributed by atoms with Crippen LogP contribution in [-0.2, 0) is 19.4 Å². The maximum Gasteiger partial charge on any atom is 0.272 e. The molecule has 1 amide bonds. The lowest BCUT2D eigenvalue weighted by Gasteiger charge is -2.18. The molecule has 1 unspecified atom stereocenters. The van der Waals surface area contributed by atoms with Crippen molar-refractivity contribution in [1.29, 1.82) is 0 Å². The quantitative estimate of drug-likeness (QED) is 0.763. The lowest BCUT2D eigenvalue weighted by atomic mass is 9.87. The van der Waals surface area contributed by atoms with Gasteiger partial charge in [0.1, 0.15) is 12.1 Å². The third-order valence-electron chi connectivity index (χ3n) is 4.66. The smallest absolute Gasteiger partial charge is 0.272 e. The fourth-order valence-electron chi connectivity index (χ4n) is 3.30. The molecule has 0 bridgehead atoms. The van der Waals surface area contributed by atoms with Gasteiger partial charge in [-0.05, 0) is 31.2 Å². The summed E-state index contributed by atoms with van der Waals surface area (Å²) in [6.45, 7) is 2.60. The summed E-state index contributed by atoms with van der Waals surface area (Å²) in [4.78, 5) is 21.1. The fraction of sp³-hybridized carbons (Fsp3) is 0.333. The van der Waals surface area contributed by atoms with Crippen LogP contribution in [-0.4, -0.2) is 30.6 Å². The molecule has 1 aliphatic rings. The molecule has 7 nitrogen and oxygen atoms in total. The Kier molecular flexibility index (Phi) is 4.05. The summed E-state index contributed by atoms with van der Waals surface area (Å²) in [5.41, 5.74) is 3.61. The number of fused-ring (bicyclic) bond motifs is 1. The van der Waals surface area contributed by atoms with E-state index in [9.17, 15) is 4.79 Å². The van der Waals surface area contributed by atoms with Crippen LogP contribution in [0.4, 0.5) is 0 Å². The second-order valence-corrected chi connectivity index (χ2v) is 6.52.